The van der Waals surface area contributed by atoms with Crippen LogP contribution in [0.15, 0.2) is 24.7 Å². The topological polar surface area (TPSA) is 80.0 Å². The van der Waals surface area contributed by atoms with E-state index in [4.69, 9.17) is 5.11 Å². The Balaban J connectivity index is 2.12. The first-order chi connectivity index (χ1) is 6.29. The van der Waals surface area contributed by atoms with Gasteiger partial charge in [-0.25, -0.2) is 4.79 Å². The van der Waals surface area contributed by atoms with Gasteiger partial charge >= 0.3 is 5.97 Å². The SMILES string of the molecule is O=C(O)/C=C/NCCn1ccnn1. The highest BCUT2D eigenvalue weighted by Crippen LogP contribution is 1.78. The van der Waals surface area contributed by atoms with Crippen LogP contribution in [0.1, 0.15) is 0 Å². The Morgan fingerprint density at radius 1 is 1.69 bits per heavy atom. The molecule has 0 atom stereocenters. The van der Waals surface area contributed by atoms with Crippen molar-refractivity contribution in [3.8, 4) is 0 Å². The van der Waals surface area contributed by atoms with Gasteiger partial charge in [0.2, 0.25) is 0 Å². The van der Waals surface area contributed by atoms with Crippen LogP contribution in [0.25, 0.3) is 0 Å². The summed E-state index contributed by atoms with van der Waals surface area (Å²) in [7, 11) is 0. The Morgan fingerprint density at radius 3 is 3.15 bits per heavy atom. The van der Waals surface area contributed by atoms with Gasteiger partial charge in [-0.15, -0.1) is 5.10 Å². The van der Waals surface area contributed by atoms with Crippen LogP contribution >= 0.6 is 0 Å². The molecule has 1 heterocycles. The molecule has 0 unspecified atom stereocenters. The predicted octanol–water partition coefficient (Wildman–Crippen LogP) is -0.534. The van der Waals surface area contributed by atoms with E-state index in [1.807, 2.05) is 0 Å². The Kier molecular flexibility index (Phi) is 3.49. The lowest BCUT2D eigenvalue weighted by atomic mass is 10.6. The first kappa shape index (κ1) is 9.24. The van der Waals surface area contributed by atoms with E-state index in [1.54, 1.807) is 17.1 Å². The highest BCUT2D eigenvalue weighted by atomic mass is 16.4. The maximum Gasteiger partial charge on any atom is 0.329 e. The third kappa shape index (κ3) is 3.90. The smallest absolute Gasteiger partial charge is 0.329 e. The maximum atomic E-state index is 10.0. The Hall–Kier alpha value is -1.85. The summed E-state index contributed by atoms with van der Waals surface area (Å²) in [5.41, 5.74) is 0. The number of carbonyl (C=O) groups is 1. The Bertz CT molecular complexity index is 281. The highest BCUT2D eigenvalue weighted by molar-refractivity contribution is 5.79. The fourth-order valence-electron chi connectivity index (χ4n) is 0.745. The van der Waals surface area contributed by atoms with Gasteiger partial charge in [0.05, 0.1) is 12.7 Å². The Morgan fingerprint density at radius 2 is 2.54 bits per heavy atom. The van der Waals surface area contributed by atoms with Gasteiger partial charge in [0.1, 0.15) is 0 Å². The van der Waals surface area contributed by atoms with E-state index < -0.39 is 5.97 Å². The van der Waals surface area contributed by atoms with Gasteiger partial charge < -0.3 is 10.4 Å². The first-order valence-electron chi connectivity index (χ1n) is 3.76. The number of aromatic nitrogens is 3. The van der Waals surface area contributed by atoms with Crippen molar-refractivity contribution in [2.24, 2.45) is 0 Å². The van der Waals surface area contributed by atoms with E-state index in [9.17, 15) is 4.79 Å². The van der Waals surface area contributed by atoms with Crippen LogP contribution in [0.4, 0.5) is 0 Å². The molecule has 1 aromatic heterocycles. The zero-order chi connectivity index (χ0) is 9.52. The molecule has 0 saturated carbocycles. The molecule has 6 heteroatoms. The molecule has 0 aliphatic rings. The van der Waals surface area contributed by atoms with Gasteiger partial charge in [0.15, 0.2) is 0 Å². The summed E-state index contributed by atoms with van der Waals surface area (Å²) >= 11 is 0. The molecule has 70 valence electrons. The monoisotopic (exact) mass is 182 g/mol. The molecular formula is C7H10N4O2. The van der Waals surface area contributed by atoms with E-state index in [2.05, 4.69) is 15.6 Å². The van der Waals surface area contributed by atoms with Gasteiger partial charge in [-0.2, -0.15) is 0 Å². The largest absolute Gasteiger partial charge is 0.478 e. The molecule has 13 heavy (non-hydrogen) atoms. The summed E-state index contributed by atoms with van der Waals surface area (Å²) in [6, 6.07) is 0. The number of carboxylic acids is 1. The number of nitrogens with one attached hydrogen (secondary N) is 1. The molecule has 0 saturated heterocycles. The molecule has 1 aromatic rings. The van der Waals surface area contributed by atoms with Crippen molar-refractivity contribution < 1.29 is 9.90 Å². The van der Waals surface area contributed by atoms with Crippen molar-refractivity contribution in [3.63, 3.8) is 0 Å². The number of hydrogen-bond donors (Lipinski definition) is 2. The molecule has 0 spiro atoms. The molecule has 0 aromatic carbocycles. The van der Waals surface area contributed by atoms with Crippen molar-refractivity contribution in [2.75, 3.05) is 6.54 Å². The van der Waals surface area contributed by atoms with Crippen LogP contribution < -0.4 is 5.32 Å². The molecule has 0 bridgehead atoms. The average Bonchev–Trinajstić information content (AvgIpc) is 2.55. The normalized spacial score (nSPS) is 10.5. The van der Waals surface area contributed by atoms with E-state index in [1.165, 1.54) is 6.20 Å². The molecule has 6 nitrogen and oxygen atoms in total. The number of rotatable bonds is 5. The minimum atomic E-state index is -0.965. The van der Waals surface area contributed by atoms with Gasteiger partial charge in [0.25, 0.3) is 0 Å². The number of aliphatic carboxylic acids is 1. The molecule has 0 aliphatic carbocycles. The maximum absolute atomic E-state index is 10.0. The molecule has 0 radical (unpaired) electrons. The van der Waals surface area contributed by atoms with Gasteiger partial charge in [0, 0.05) is 25.0 Å². The third-order valence-electron chi connectivity index (χ3n) is 1.30. The predicted molar refractivity (Wildman–Crippen MR) is 44.8 cm³/mol. The van der Waals surface area contributed by atoms with Crippen molar-refractivity contribution in [3.05, 3.63) is 24.7 Å². The second-order valence-corrected chi connectivity index (χ2v) is 2.29. The van der Waals surface area contributed by atoms with Crippen LogP contribution in [-0.4, -0.2) is 32.6 Å². The number of carboxylic acid groups (broad SMARTS) is 1. The summed E-state index contributed by atoms with van der Waals surface area (Å²) < 4.78 is 1.65. The Labute approximate surface area is 74.9 Å². The van der Waals surface area contributed by atoms with E-state index in [-0.39, 0.29) is 0 Å². The zero-order valence-corrected chi connectivity index (χ0v) is 6.92. The fraction of sp³-hybridized carbons (Fsp3) is 0.286. The second-order valence-electron chi connectivity index (χ2n) is 2.29. The molecular weight excluding hydrogens is 172 g/mol. The van der Waals surface area contributed by atoms with Gasteiger partial charge in [-0.3, -0.25) is 4.68 Å². The van der Waals surface area contributed by atoms with E-state index in [0.29, 0.717) is 13.1 Å². The molecule has 1 rings (SSSR count). The summed E-state index contributed by atoms with van der Waals surface area (Å²) in [4.78, 5) is 10.0. The molecule has 2 N–H and O–H groups in total. The standard InChI is InChI=1S/C7H10N4O2/c12-7(13)1-2-8-3-5-11-6-4-9-10-11/h1-2,4,6,8H,3,5H2,(H,12,13)/b2-1+. The van der Waals surface area contributed by atoms with Crippen molar-refractivity contribution in [1.82, 2.24) is 20.3 Å². The summed E-state index contributed by atoms with van der Waals surface area (Å²) in [6.07, 6.45) is 5.76. The van der Waals surface area contributed by atoms with Crippen molar-refractivity contribution in [2.45, 2.75) is 6.54 Å². The highest BCUT2D eigenvalue weighted by Gasteiger charge is 1.88. The second kappa shape index (κ2) is 4.91. The van der Waals surface area contributed by atoms with Gasteiger partial charge in [-0.1, -0.05) is 5.21 Å². The quantitative estimate of drug-likeness (QED) is 0.472. The summed E-state index contributed by atoms with van der Waals surface area (Å²) in [5.74, 6) is -0.965. The van der Waals surface area contributed by atoms with Crippen molar-refractivity contribution in [1.29, 1.82) is 0 Å². The first-order valence-corrected chi connectivity index (χ1v) is 3.76. The van der Waals surface area contributed by atoms with Crippen LogP contribution in [-0.2, 0) is 11.3 Å². The minimum absolute atomic E-state index is 0.618. The average molecular weight is 182 g/mol. The lowest BCUT2D eigenvalue weighted by molar-refractivity contribution is -0.131. The minimum Gasteiger partial charge on any atom is -0.478 e. The number of nitrogens with zero attached hydrogens (tertiary/aromatic N) is 3. The van der Waals surface area contributed by atoms with Gasteiger partial charge in [-0.05, 0) is 0 Å². The van der Waals surface area contributed by atoms with E-state index >= 15 is 0 Å². The zero-order valence-electron chi connectivity index (χ0n) is 6.92. The van der Waals surface area contributed by atoms with Crippen LogP contribution in [0.3, 0.4) is 0 Å². The molecule has 0 fully saturated rings. The van der Waals surface area contributed by atoms with E-state index in [0.717, 1.165) is 6.08 Å². The molecule has 0 amide bonds. The summed E-state index contributed by atoms with van der Waals surface area (Å²) in [5, 5.41) is 18.4. The molecule has 0 aliphatic heterocycles. The lowest BCUT2D eigenvalue weighted by Gasteiger charge is -1.98. The summed E-state index contributed by atoms with van der Waals surface area (Å²) in [6.45, 7) is 1.27. The van der Waals surface area contributed by atoms with Crippen LogP contribution in [0, 0.1) is 0 Å². The lowest BCUT2D eigenvalue weighted by Crippen LogP contribution is -2.15. The third-order valence-corrected chi connectivity index (χ3v) is 1.30. The van der Waals surface area contributed by atoms with Crippen LogP contribution in [0.2, 0.25) is 0 Å². The number of hydrogen-bond acceptors (Lipinski definition) is 4. The van der Waals surface area contributed by atoms with Crippen LogP contribution in [0.5, 0.6) is 0 Å². The fourth-order valence-corrected chi connectivity index (χ4v) is 0.745. The van der Waals surface area contributed by atoms with Crippen molar-refractivity contribution >= 4 is 5.97 Å².